The first-order valence-corrected chi connectivity index (χ1v) is 5.40. The topological polar surface area (TPSA) is 43.7 Å². The fourth-order valence-electron chi connectivity index (χ4n) is 1.53. The number of hydrogen-bond donors (Lipinski definition) is 2. The first-order valence-electron chi connectivity index (χ1n) is 5.40. The van der Waals surface area contributed by atoms with E-state index in [0.29, 0.717) is 0 Å². The van der Waals surface area contributed by atoms with Gasteiger partial charge in [-0.1, -0.05) is 18.2 Å². The molecule has 0 saturated carbocycles. The maximum absolute atomic E-state index is 8.81. The highest BCUT2D eigenvalue weighted by Gasteiger charge is 2.04. The Labute approximate surface area is 91.0 Å². The molecule has 2 N–H and O–H groups in total. The molecule has 0 aromatic heterocycles. The maximum Gasteiger partial charge on any atom is 0.0447 e. The molecular formula is C12H19NO2. The summed E-state index contributed by atoms with van der Waals surface area (Å²) in [5.74, 6) is 0. The Morgan fingerprint density at radius 2 is 1.40 bits per heavy atom. The summed E-state index contributed by atoms with van der Waals surface area (Å²) in [6.07, 6.45) is 1.53. The molecule has 3 nitrogen and oxygen atoms in total. The normalized spacial score (nSPS) is 10.3. The van der Waals surface area contributed by atoms with E-state index in [2.05, 4.69) is 17.0 Å². The number of para-hydroxylation sites is 1. The van der Waals surface area contributed by atoms with Gasteiger partial charge in [-0.3, -0.25) is 0 Å². The van der Waals surface area contributed by atoms with E-state index in [1.807, 2.05) is 18.2 Å². The Balaban J connectivity index is 2.55. The number of benzene rings is 1. The van der Waals surface area contributed by atoms with Gasteiger partial charge >= 0.3 is 0 Å². The van der Waals surface area contributed by atoms with Crippen LogP contribution in [0.2, 0.25) is 0 Å². The zero-order valence-electron chi connectivity index (χ0n) is 8.97. The van der Waals surface area contributed by atoms with Gasteiger partial charge in [0.05, 0.1) is 0 Å². The van der Waals surface area contributed by atoms with Gasteiger partial charge in [-0.25, -0.2) is 0 Å². The van der Waals surface area contributed by atoms with E-state index in [1.54, 1.807) is 0 Å². The van der Waals surface area contributed by atoms with Crippen molar-refractivity contribution in [3.63, 3.8) is 0 Å². The maximum atomic E-state index is 8.81. The lowest BCUT2D eigenvalue weighted by atomic mass is 10.2. The van der Waals surface area contributed by atoms with Crippen LogP contribution in [-0.4, -0.2) is 36.5 Å². The second-order valence-electron chi connectivity index (χ2n) is 3.48. The molecule has 0 spiro atoms. The van der Waals surface area contributed by atoms with Crippen LogP contribution in [0.25, 0.3) is 0 Å². The lowest BCUT2D eigenvalue weighted by molar-refractivity contribution is 0.282. The fourth-order valence-corrected chi connectivity index (χ4v) is 1.53. The van der Waals surface area contributed by atoms with Crippen molar-refractivity contribution in [2.75, 3.05) is 31.2 Å². The third-order valence-corrected chi connectivity index (χ3v) is 2.29. The smallest absolute Gasteiger partial charge is 0.0447 e. The fraction of sp³-hybridized carbons (Fsp3) is 0.500. The number of aliphatic hydroxyl groups excluding tert-OH is 2. The van der Waals surface area contributed by atoms with E-state index in [-0.39, 0.29) is 13.2 Å². The number of anilines is 1. The Hall–Kier alpha value is -1.06. The molecule has 15 heavy (non-hydrogen) atoms. The number of hydrogen-bond acceptors (Lipinski definition) is 3. The molecule has 1 aromatic rings. The molecule has 0 aliphatic heterocycles. The van der Waals surface area contributed by atoms with Gasteiger partial charge in [-0.05, 0) is 25.0 Å². The molecule has 0 amide bonds. The molecule has 0 heterocycles. The van der Waals surface area contributed by atoms with Gasteiger partial charge in [-0.2, -0.15) is 0 Å². The molecule has 0 unspecified atom stereocenters. The molecule has 0 bridgehead atoms. The molecule has 0 aliphatic carbocycles. The lowest BCUT2D eigenvalue weighted by Gasteiger charge is -2.24. The predicted molar refractivity (Wildman–Crippen MR) is 62.1 cm³/mol. The van der Waals surface area contributed by atoms with Crippen LogP contribution in [0.4, 0.5) is 5.69 Å². The Morgan fingerprint density at radius 3 is 1.87 bits per heavy atom. The standard InChI is InChI=1S/C12H19NO2/c14-10-4-8-13(9-5-11-15)12-6-2-1-3-7-12/h1-3,6-7,14-15H,4-5,8-11H2. The van der Waals surface area contributed by atoms with Crippen LogP contribution in [0.5, 0.6) is 0 Å². The Kier molecular flexibility index (Phi) is 5.81. The summed E-state index contributed by atoms with van der Waals surface area (Å²) in [6, 6.07) is 10.1. The molecule has 84 valence electrons. The largest absolute Gasteiger partial charge is 0.396 e. The van der Waals surface area contributed by atoms with Crippen molar-refractivity contribution in [3.8, 4) is 0 Å². The van der Waals surface area contributed by atoms with Gasteiger partial charge in [0.2, 0.25) is 0 Å². The van der Waals surface area contributed by atoms with Crippen molar-refractivity contribution in [2.45, 2.75) is 12.8 Å². The zero-order chi connectivity index (χ0) is 10.9. The third kappa shape index (κ3) is 4.32. The van der Waals surface area contributed by atoms with Gasteiger partial charge in [-0.15, -0.1) is 0 Å². The predicted octanol–water partition coefficient (Wildman–Crippen LogP) is 1.26. The molecule has 0 atom stereocenters. The first kappa shape index (κ1) is 12.0. The van der Waals surface area contributed by atoms with Crippen molar-refractivity contribution >= 4 is 5.69 Å². The van der Waals surface area contributed by atoms with E-state index in [1.165, 1.54) is 0 Å². The van der Waals surface area contributed by atoms with Gasteiger partial charge in [0.15, 0.2) is 0 Å². The lowest BCUT2D eigenvalue weighted by Crippen LogP contribution is -2.26. The summed E-state index contributed by atoms with van der Waals surface area (Å²) >= 11 is 0. The second-order valence-corrected chi connectivity index (χ2v) is 3.48. The monoisotopic (exact) mass is 209 g/mol. The van der Waals surface area contributed by atoms with Gasteiger partial charge < -0.3 is 15.1 Å². The van der Waals surface area contributed by atoms with Crippen LogP contribution in [0.3, 0.4) is 0 Å². The quantitative estimate of drug-likeness (QED) is 0.710. The summed E-state index contributed by atoms with van der Waals surface area (Å²) in [5, 5.41) is 17.6. The van der Waals surface area contributed by atoms with Crippen molar-refractivity contribution in [1.82, 2.24) is 0 Å². The van der Waals surface area contributed by atoms with E-state index in [4.69, 9.17) is 10.2 Å². The van der Waals surface area contributed by atoms with Crippen LogP contribution in [0.1, 0.15) is 12.8 Å². The average Bonchev–Trinajstić information content (AvgIpc) is 2.30. The molecule has 0 aliphatic rings. The summed E-state index contributed by atoms with van der Waals surface area (Å²) < 4.78 is 0. The van der Waals surface area contributed by atoms with E-state index < -0.39 is 0 Å². The molecule has 0 saturated heterocycles. The number of rotatable bonds is 7. The summed E-state index contributed by atoms with van der Waals surface area (Å²) in [7, 11) is 0. The van der Waals surface area contributed by atoms with Crippen LogP contribution in [0, 0.1) is 0 Å². The minimum atomic E-state index is 0.211. The molecule has 3 heteroatoms. The van der Waals surface area contributed by atoms with Crippen LogP contribution in [-0.2, 0) is 0 Å². The van der Waals surface area contributed by atoms with E-state index in [0.717, 1.165) is 31.6 Å². The van der Waals surface area contributed by atoms with Crippen molar-refractivity contribution < 1.29 is 10.2 Å². The van der Waals surface area contributed by atoms with Crippen LogP contribution in [0.15, 0.2) is 30.3 Å². The summed E-state index contributed by atoms with van der Waals surface area (Å²) in [6.45, 7) is 2.09. The van der Waals surface area contributed by atoms with Crippen molar-refractivity contribution in [1.29, 1.82) is 0 Å². The minimum Gasteiger partial charge on any atom is -0.396 e. The third-order valence-electron chi connectivity index (χ3n) is 2.29. The van der Waals surface area contributed by atoms with Crippen LogP contribution >= 0.6 is 0 Å². The SMILES string of the molecule is OCCCN(CCCO)c1ccccc1. The van der Waals surface area contributed by atoms with E-state index >= 15 is 0 Å². The van der Waals surface area contributed by atoms with Gasteiger partial charge in [0, 0.05) is 32.0 Å². The molecule has 1 rings (SSSR count). The summed E-state index contributed by atoms with van der Waals surface area (Å²) in [5.41, 5.74) is 1.15. The summed E-state index contributed by atoms with van der Waals surface area (Å²) in [4.78, 5) is 2.19. The first-order chi connectivity index (χ1) is 7.38. The van der Waals surface area contributed by atoms with Gasteiger partial charge in [0.1, 0.15) is 0 Å². The number of nitrogens with zero attached hydrogens (tertiary/aromatic N) is 1. The number of aliphatic hydroxyl groups is 2. The van der Waals surface area contributed by atoms with E-state index in [9.17, 15) is 0 Å². The van der Waals surface area contributed by atoms with Crippen LogP contribution < -0.4 is 4.90 Å². The molecule has 1 aromatic carbocycles. The minimum absolute atomic E-state index is 0.211. The highest BCUT2D eigenvalue weighted by Crippen LogP contribution is 2.13. The highest BCUT2D eigenvalue weighted by atomic mass is 16.3. The average molecular weight is 209 g/mol. The Morgan fingerprint density at radius 1 is 0.867 bits per heavy atom. The van der Waals surface area contributed by atoms with Crippen molar-refractivity contribution in [3.05, 3.63) is 30.3 Å². The second kappa shape index (κ2) is 7.26. The highest BCUT2D eigenvalue weighted by molar-refractivity contribution is 5.45. The zero-order valence-corrected chi connectivity index (χ0v) is 8.97. The van der Waals surface area contributed by atoms with Gasteiger partial charge in [0.25, 0.3) is 0 Å². The molecular weight excluding hydrogens is 190 g/mol. The molecule has 0 radical (unpaired) electrons. The molecule has 0 fully saturated rings. The Bertz CT molecular complexity index is 243. The van der Waals surface area contributed by atoms with Crippen molar-refractivity contribution in [2.24, 2.45) is 0 Å².